The van der Waals surface area contributed by atoms with Crippen LogP contribution < -0.4 is 0 Å². The van der Waals surface area contributed by atoms with Crippen molar-refractivity contribution in [2.24, 2.45) is 0 Å². The molecule has 1 aliphatic carbocycles. The summed E-state index contributed by atoms with van der Waals surface area (Å²) in [4.78, 5) is 0. The van der Waals surface area contributed by atoms with Crippen molar-refractivity contribution in [3.8, 4) is 0 Å². The van der Waals surface area contributed by atoms with Crippen LogP contribution in [0.25, 0.3) is 0 Å². The zero-order valence-electron chi connectivity index (χ0n) is 6.39. The Kier molecular flexibility index (Phi) is 3.76. The molecule has 0 aromatic heterocycles. The molecule has 2 heteroatoms. The van der Waals surface area contributed by atoms with Gasteiger partial charge >= 0.3 is 0 Å². The van der Waals surface area contributed by atoms with E-state index in [9.17, 15) is 5.11 Å². The van der Waals surface area contributed by atoms with Gasteiger partial charge in [0.1, 0.15) is 0 Å². The molecule has 0 saturated heterocycles. The summed E-state index contributed by atoms with van der Waals surface area (Å²) in [6, 6.07) is 0. The third-order valence-electron chi connectivity index (χ3n) is 1.56. The van der Waals surface area contributed by atoms with Gasteiger partial charge in [0.25, 0.3) is 0 Å². The van der Waals surface area contributed by atoms with Crippen LogP contribution in [0.15, 0.2) is 23.8 Å². The molecule has 1 rings (SSSR count). The van der Waals surface area contributed by atoms with Crippen molar-refractivity contribution >= 4 is 0 Å². The van der Waals surface area contributed by atoms with Crippen molar-refractivity contribution in [2.75, 3.05) is 0 Å². The van der Waals surface area contributed by atoms with Gasteiger partial charge in [-0.2, -0.15) is 0 Å². The van der Waals surface area contributed by atoms with Gasteiger partial charge < -0.3 is 5.11 Å². The number of allylic oxidation sites excluding steroid dienone is 3. The minimum atomic E-state index is -0.622. The molecule has 0 spiro atoms. The summed E-state index contributed by atoms with van der Waals surface area (Å²) in [5.74, 6) is 0. The molecule has 1 N–H and O–H groups in total. The van der Waals surface area contributed by atoms with E-state index in [1.54, 1.807) is 0 Å². The standard InChI is InChI=1S/C8H12O.Zr/c1-8(2,9)7-5-3-4-6-7;/h3-5,9H,6H2,1-2H3;. The normalized spacial score (nSPS) is 16.5. The monoisotopic (exact) mass is 214 g/mol. The van der Waals surface area contributed by atoms with Crippen LogP contribution in [0.5, 0.6) is 0 Å². The minimum absolute atomic E-state index is 0. The minimum Gasteiger partial charge on any atom is -0.386 e. The van der Waals surface area contributed by atoms with Gasteiger partial charge in [-0.25, -0.2) is 0 Å². The first kappa shape index (κ1) is 10.3. The molecule has 0 aromatic rings. The van der Waals surface area contributed by atoms with Crippen LogP contribution in [0.3, 0.4) is 0 Å². The largest absolute Gasteiger partial charge is 0.386 e. The molecular formula is C8H12OZr. The van der Waals surface area contributed by atoms with Gasteiger partial charge in [-0.05, 0) is 25.8 Å². The fourth-order valence-corrected chi connectivity index (χ4v) is 0.901. The van der Waals surface area contributed by atoms with Crippen LogP contribution in [0.1, 0.15) is 20.3 Å². The van der Waals surface area contributed by atoms with E-state index in [1.165, 1.54) is 0 Å². The maximum atomic E-state index is 9.41. The molecule has 0 fully saturated rings. The van der Waals surface area contributed by atoms with E-state index in [0.717, 1.165) is 12.0 Å². The SMILES string of the molecule is CC(C)(O)C1=CC=CC1.[Zr]. The molecule has 1 nitrogen and oxygen atoms in total. The van der Waals surface area contributed by atoms with E-state index >= 15 is 0 Å². The quantitative estimate of drug-likeness (QED) is 0.705. The van der Waals surface area contributed by atoms with Crippen LogP contribution in [-0.2, 0) is 26.2 Å². The number of aliphatic hydroxyl groups is 1. The van der Waals surface area contributed by atoms with Crippen molar-refractivity contribution in [1.82, 2.24) is 0 Å². The summed E-state index contributed by atoms with van der Waals surface area (Å²) >= 11 is 0. The van der Waals surface area contributed by atoms with E-state index in [2.05, 4.69) is 0 Å². The number of hydrogen-bond donors (Lipinski definition) is 1. The Balaban J connectivity index is 0.000000810. The van der Waals surface area contributed by atoms with Crippen molar-refractivity contribution < 1.29 is 31.3 Å². The van der Waals surface area contributed by atoms with Crippen LogP contribution >= 0.6 is 0 Å². The third-order valence-corrected chi connectivity index (χ3v) is 1.56. The summed E-state index contributed by atoms with van der Waals surface area (Å²) in [6.07, 6.45) is 6.91. The maximum Gasteiger partial charge on any atom is 0.0806 e. The first-order valence-corrected chi connectivity index (χ1v) is 3.19. The van der Waals surface area contributed by atoms with E-state index in [1.807, 2.05) is 32.1 Å². The maximum absolute atomic E-state index is 9.41. The first-order valence-electron chi connectivity index (χ1n) is 3.19. The molecule has 1 aliphatic rings. The first-order chi connectivity index (χ1) is 4.11. The van der Waals surface area contributed by atoms with E-state index in [0.29, 0.717) is 0 Å². The van der Waals surface area contributed by atoms with E-state index in [4.69, 9.17) is 0 Å². The predicted molar refractivity (Wildman–Crippen MR) is 38.1 cm³/mol. The van der Waals surface area contributed by atoms with Crippen LogP contribution in [0.4, 0.5) is 0 Å². The second kappa shape index (κ2) is 3.64. The van der Waals surface area contributed by atoms with Gasteiger partial charge in [0.15, 0.2) is 0 Å². The van der Waals surface area contributed by atoms with Gasteiger partial charge in [-0.15, -0.1) is 0 Å². The van der Waals surface area contributed by atoms with Crippen LogP contribution in [0, 0.1) is 0 Å². The molecule has 0 unspecified atom stereocenters. The van der Waals surface area contributed by atoms with E-state index < -0.39 is 5.60 Å². The topological polar surface area (TPSA) is 20.2 Å². The Labute approximate surface area is 81.0 Å². The third kappa shape index (κ3) is 2.51. The Bertz CT molecular complexity index is 163. The fraction of sp³-hybridized carbons (Fsp3) is 0.500. The van der Waals surface area contributed by atoms with Crippen molar-refractivity contribution in [3.05, 3.63) is 23.8 Å². The predicted octanol–water partition coefficient (Wildman–Crippen LogP) is 1.64. The summed E-state index contributed by atoms with van der Waals surface area (Å²) < 4.78 is 0. The number of rotatable bonds is 1. The van der Waals surface area contributed by atoms with Gasteiger partial charge in [0.2, 0.25) is 0 Å². The van der Waals surface area contributed by atoms with E-state index in [-0.39, 0.29) is 26.2 Å². The molecule has 0 atom stereocenters. The van der Waals surface area contributed by atoms with Gasteiger partial charge in [0.05, 0.1) is 5.60 Å². The Morgan fingerprint density at radius 2 is 2.10 bits per heavy atom. The Morgan fingerprint density at radius 3 is 2.30 bits per heavy atom. The summed E-state index contributed by atoms with van der Waals surface area (Å²) in [5.41, 5.74) is 0.478. The zero-order valence-corrected chi connectivity index (χ0v) is 8.84. The summed E-state index contributed by atoms with van der Waals surface area (Å²) in [7, 11) is 0. The number of hydrogen-bond acceptors (Lipinski definition) is 1. The Morgan fingerprint density at radius 1 is 1.50 bits per heavy atom. The van der Waals surface area contributed by atoms with Crippen LogP contribution in [0.2, 0.25) is 0 Å². The molecule has 54 valence electrons. The molecule has 0 aliphatic heterocycles. The molecule has 0 amide bonds. The van der Waals surface area contributed by atoms with Crippen LogP contribution in [-0.4, -0.2) is 10.7 Å². The second-order valence-corrected chi connectivity index (χ2v) is 2.88. The molecule has 0 bridgehead atoms. The van der Waals surface area contributed by atoms with Crippen molar-refractivity contribution in [2.45, 2.75) is 25.9 Å². The van der Waals surface area contributed by atoms with Crippen molar-refractivity contribution in [1.29, 1.82) is 0 Å². The molecule has 0 heterocycles. The second-order valence-electron chi connectivity index (χ2n) is 2.88. The van der Waals surface area contributed by atoms with Crippen molar-refractivity contribution in [3.63, 3.8) is 0 Å². The van der Waals surface area contributed by atoms with Gasteiger partial charge in [0, 0.05) is 26.2 Å². The molecule has 0 radical (unpaired) electrons. The smallest absolute Gasteiger partial charge is 0.0806 e. The zero-order chi connectivity index (χ0) is 6.91. The molecule has 0 aromatic carbocycles. The molecule has 0 saturated carbocycles. The van der Waals surface area contributed by atoms with Gasteiger partial charge in [-0.1, -0.05) is 18.2 Å². The summed E-state index contributed by atoms with van der Waals surface area (Å²) in [6.45, 7) is 3.62. The molecular weight excluding hydrogens is 203 g/mol. The fourth-order valence-electron chi connectivity index (χ4n) is 0.901. The summed E-state index contributed by atoms with van der Waals surface area (Å²) in [5, 5.41) is 9.41. The van der Waals surface area contributed by atoms with Gasteiger partial charge in [-0.3, -0.25) is 0 Å². The average molecular weight is 215 g/mol. The molecule has 10 heavy (non-hydrogen) atoms. The average Bonchev–Trinajstić information content (AvgIpc) is 2.08. The Hall–Kier alpha value is 0.323.